The average molecular weight is 1160 g/mol. The number of rotatable bonds is 56. The summed E-state index contributed by atoms with van der Waals surface area (Å²) in [5.74, 6) is -1.63. The SMILES string of the molecule is CC/C=C\C/C=C\C/C=C\C/C=C\C/C=C\C/C=C\CCC(=O)OCC(COP(=O)(O)OCC(CO)OC(=O)CCCCCCCCC/C=C\C/C=C\CCCCC)OC(=O)CCCCC/C=C\C/C=C\C/C=C\C/C=C\C/C=C\CC. The number of allylic oxidation sites excluding steroid dienone is 26. The molecular weight excluding hydrogens is 1050 g/mol. The monoisotopic (exact) mass is 1160 g/mol. The molecule has 0 aromatic carbocycles. The number of ether oxygens (including phenoxy) is 3. The predicted molar refractivity (Wildman–Crippen MR) is 343 cm³/mol. The first-order valence-electron chi connectivity index (χ1n) is 31.4. The topological polar surface area (TPSA) is 155 Å². The number of hydrogen-bond acceptors (Lipinski definition) is 10. The van der Waals surface area contributed by atoms with Crippen molar-refractivity contribution in [2.75, 3.05) is 26.4 Å². The third-order valence-corrected chi connectivity index (χ3v) is 13.4. The summed E-state index contributed by atoms with van der Waals surface area (Å²) in [5.41, 5.74) is 0. The second kappa shape index (κ2) is 62.2. The maximum atomic E-state index is 13.0. The van der Waals surface area contributed by atoms with Gasteiger partial charge in [-0.15, -0.1) is 0 Å². The Hall–Kier alpha value is -4.90. The molecule has 0 saturated carbocycles. The molecule has 3 atom stereocenters. The highest BCUT2D eigenvalue weighted by molar-refractivity contribution is 7.47. The van der Waals surface area contributed by atoms with Crippen molar-refractivity contribution in [2.24, 2.45) is 0 Å². The summed E-state index contributed by atoms with van der Waals surface area (Å²) in [7, 11) is -4.79. The number of unbranched alkanes of at least 4 members (excludes halogenated alkanes) is 13. The summed E-state index contributed by atoms with van der Waals surface area (Å²) in [6.45, 7) is 4.25. The second-order valence-electron chi connectivity index (χ2n) is 20.1. The number of phosphoric ester groups is 1. The van der Waals surface area contributed by atoms with Crippen LogP contribution < -0.4 is 0 Å². The van der Waals surface area contributed by atoms with Gasteiger partial charge < -0.3 is 24.2 Å². The molecule has 82 heavy (non-hydrogen) atoms. The number of aliphatic hydroxyl groups excluding tert-OH is 1. The molecule has 2 N–H and O–H groups in total. The lowest BCUT2D eigenvalue weighted by atomic mass is 10.1. The molecule has 0 saturated heterocycles. The van der Waals surface area contributed by atoms with Gasteiger partial charge in [-0.05, 0) is 135 Å². The van der Waals surface area contributed by atoms with Gasteiger partial charge in [-0.25, -0.2) is 4.57 Å². The standard InChI is InChI=1S/C70H111O11P/c1-4-7-10-13-16-19-22-25-28-31-33-36-38-41-44-47-50-53-56-59-68(72)77-63-67(81-70(74)61-58-55-52-49-46-43-40-37-34-32-29-26-23-20-17-14-11-8-5-2)65-79-82(75,76)78-64-66(62-71)80-69(73)60-57-54-51-48-45-42-39-35-30-27-24-21-18-15-12-9-6-3/h7-8,10-11,16-21,25-30,33-34,36-37,41,43-44,46,50,53,66-67,71H,4-6,9,12-15,22-24,31-32,35,38-40,42,45,47-49,51-52,54-65H2,1-3H3,(H,75,76)/b10-7-,11-8-,19-16-,20-17-,21-18-,28-25-,29-26-,30-27-,36-33-,37-34-,44-41-,46-43-,53-50-. The van der Waals surface area contributed by atoms with Crippen molar-refractivity contribution in [1.82, 2.24) is 0 Å². The van der Waals surface area contributed by atoms with Gasteiger partial charge in [0.1, 0.15) is 12.7 Å². The molecule has 0 rings (SSSR count). The van der Waals surface area contributed by atoms with E-state index in [2.05, 4.69) is 167 Å². The maximum absolute atomic E-state index is 13.0. The molecule has 11 nitrogen and oxygen atoms in total. The number of carbonyl (C=O) groups is 3. The van der Waals surface area contributed by atoms with Crippen LogP contribution >= 0.6 is 7.82 Å². The van der Waals surface area contributed by atoms with Crippen LogP contribution in [0.2, 0.25) is 0 Å². The van der Waals surface area contributed by atoms with Gasteiger partial charge in [-0.2, -0.15) is 0 Å². The number of phosphoric acid groups is 1. The molecule has 0 aromatic rings. The van der Waals surface area contributed by atoms with Crippen molar-refractivity contribution in [3.63, 3.8) is 0 Å². The summed E-state index contributed by atoms with van der Waals surface area (Å²) in [6.07, 6.45) is 82.1. The summed E-state index contributed by atoms with van der Waals surface area (Å²) in [6, 6.07) is 0. The summed E-state index contributed by atoms with van der Waals surface area (Å²) >= 11 is 0. The van der Waals surface area contributed by atoms with Gasteiger partial charge in [0.05, 0.1) is 19.8 Å². The van der Waals surface area contributed by atoms with E-state index in [0.717, 1.165) is 128 Å². The Morgan fingerprint density at radius 2 is 0.659 bits per heavy atom. The third-order valence-electron chi connectivity index (χ3n) is 12.4. The van der Waals surface area contributed by atoms with E-state index in [9.17, 15) is 28.9 Å². The Morgan fingerprint density at radius 3 is 1.04 bits per heavy atom. The highest BCUT2D eigenvalue weighted by Crippen LogP contribution is 2.43. The van der Waals surface area contributed by atoms with Crippen LogP contribution in [-0.4, -0.2) is 66.5 Å². The van der Waals surface area contributed by atoms with Crippen molar-refractivity contribution in [2.45, 2.75) is 238 Å². The molecule has 0 fully saturated rings. The van der Waals surface area contributed by atoms with E-state index in [0.29, 0.717) is 19.3 Å². The average Bonchev–Trinajstić information content (AvgIpc) is 3.47. The Labute approximate surface area is 498 Å². The Morgan fingerprint density at radius 1 is 0.354 bits per heavy atom. The number of esters is 3. The summed E-state index contributed by atoms with van der Waals surface area (Å²) < 4.78 is 39.5. The summed E-state index contributed by atoms with van der Waals surface area (Å²) in [5, 5.41) is 9.85. The van der Waals surface area contributed by atoms with Gasteiger partial charge in [0.15, 0.2) is 6.10 Å². The van der Waals surface area contributed by atoms with E-state index >= 15 is 0 Å². The van der Waals surface area contributed by atoms with E-state index in [1.165, 1.54) is 38.5 Å². The summed E-state index contributed by atoms with van der Waals surface area (Å²) in [4.78, 5) is 48.7. The minimum Gasteiger partial charge on any atom is -0.462 e. The number of hydrogen-bond donors (Lipinski definition) is 2. The zero-order valence-electron chi connectivity index (χ0n) is 51.1. The first kappa shape index (κ1) is 77.1. The van der Waals surface area contributed by atoms with Crippen molar-refractivity contribution in [1.29, 1.82) is 0 Å². The van der Waals surface area contributed by atoms with Crippen LogP contribution in [0.15, 0.2) is 158 Å². The first-order valence-corrected chi connectivity index (χ1v) is 32.9. The molecule has 0 aliphatic heterocycles. The molecule has 0 amide bonds. The molecule has 0 aliphatic rings. The molecule has 0 spiro atoms. The molecule has 12 heteroatoms. The zero-order chi connectivity index (χ0) is 59.8. The molecule has 462 valence electrons. The smallest absolute Gasteiger partial charge is 0.462 e. The minimum absolute atomic E-state index is 0.0840. The van der Waals surface area contributed by atoms with Crippen LogP contribution in [0.3, 0.4) is 0 Å². The Kier molecular flexibility index (Phi) is 58.4. The first-order chi connectivity index (χ1) is 40.2. The quantitative estimate of drug-likeness (QED) is 0.0197. The lowest BCUT2D eigenvalue weighted by Crippen LogP contribution is -2.30. The zero-order valence-corrected chi connectivity index (χ0v) is 52.0. The molecular formula is C70H111O11P. The molecule has 3 unspecified atom stereocenters. The van der Waals surface area contributed by atoms with E-state index in [1.54, 1.807) is 0 Å². The van der Waals surface area contributed by atoms with Crippen molar-refractivity contribution >= 4 is 25.7 Å². The van der Waals surface area contributed by atoms with E-state index < -0.39 is 64.4 Å². The fraction of sp³-hybridized carbons (Fsp3) is 0.586. The Bertz CT molecular complexity index is 1980. The van der Waals surface area contributed by atoms with Crippen LogP contribution in [0.5, 0.6) is 0 Å². The number of carbonyl (C=O) groups excluding carboxylic acids is 3. The van der Waals surface area contributed by atoms with Crippen LogP contribution in [0, 0.1) is 0 Å². The fourth-order valence-electron chi connectivity index (χ4n) is 7.73. The van der Waals surface area contributed by atoms with Crippen LogP contribution in [0.1, 0.15) is 226 Å². The lowest BCUT2D eigenvalue weighted by molar-refractivity contribution is -0.161. The molecule has 0 aromatic heterocycles. The predicted octanol–water partition coefficient (Wildman–Crippen LogP) is 19.3. The molecule has 0 radical (unpaired) electrons. The molecule has 0 heterocycles. The minimum atomic E-state index is -4.79. The Balaban J connectivity index is 4.90. The van der Waals surface area contributed by atoms with E-state index in [1.807, 2.05) is 12.2 Å². The highest BCUT2D eigenvalue weighted by atomic mass is 31.2. The van der Waals surface area contributed by atoms with E-state index in [-0.39, 0.29) is 19.3 Å². The van der Waals surface area contributed by atoms with Gasteiger partial charge in [0, 0.05) is 19.3 Å². The largest absolute Gasteiger partial charge is 0.472 e. The van der Waals surface area contributed by atoms with Crippen LogP contribution in [0.4, 0.5) is 0 Å². The fourth-order valence-corrected chi connectivity index (χ4v) is 8.52. The molecule has 0 aliphatic carbocycles. The maximum Gasteiger partial charge on any atom is 0.472 e. The van der Waals surface area contributed by atoms with Gasteiger partial charge in [-0.1, -0.05) is 230 Å². The lowest BCUT2D eigenvalue weighted by Gasteiger charge is -2.21. The third kappa shape index (κ3) is 59.7. The van der Waals surface area contributed by atoms with Crippen molar-refractivity contribution in [3.05, 3.63) is 158 Å². The number of aliphatic hydroxyl groups is 1. The second-order valence-corrected chi connectivity index (χ2v) is 21.6. The van der Waals surface area contributed by atoms with Crippen molar-refractivity contribution in [3.8, 4) is 0 Å². The highest BCUT2D eigenvalue weighted by Gasteiger charge is 2.28. The van der Waals surface area contributed by atoms with Gasteiger partial charge in [-0.3, -0.25) is 23.4 Å². The normalized spacial score (nSPS) is 14.4. The van der Waals surface area contributed by atoms with E-state index in [4.69, 9.17) is 23.3 Å². The van der Waals surface area contributed by atoms with Gasteiger partial charge in [0.25, 0.3) is 0 Å². The molecule has 0 bridgehead atoms. The van der Waals surface area contributed by atoms with Crippen LogP contribution in [0.25, 0.3) is 0 Å². The van der Waals surface area contributed by atoms with Crippen LogP contribution in [-0.2, 0) is 42.2 Å². The van der Waals surface area contributed by atoms with Crippen molar-refractivity contribution < 1.29 is 52.2 Å². The van der Waals surface area contributed by atoms with Gasteiger partial charge >= 0.3 is 25.7 Å². The van der Waals surface area contributed by atoms with Gasteiger partial charge in [0.2, 0.25) is 0 Å².